The predicted molar refractivity (Wildman–Crippen MR) is 260 cm³/mol. The van der Waals surface area contributed by atoms with E-state index in [9.17, 15) is 8.78 Å². The average Bonchev–Trinajstić information content (AvgIpc) is 3.48. The summed E-state index contributed by atoms with van der Waals surface area (Å²) in [5, 5.41) is 0. The molecule has 6 aromatic rings. The minimum Gasteiger partial charge on any atom is -0.238 e. The van der Waals surface area contributed by atoms with E-state index in [2.05, 4.69) is 0 Å². The van der Waals surface area contributed by atoms with E-state index in [4.69, 9.17) is 0 Å². The van der Waals surface area contributed by atoms with E-state index in [1.807, 2.05) is 41.5 Å². The highest BCUT2D eigenvalue weighted by molar-refractivity contribution is 8.01. The van der Waals surface area contributed by atoms with Gasteiger partial charge in [0.15, 0.2) is 105 Å². The normalized spacial score (nSPS) is 20.5. The Balaban J connectivity index is 1.25. The molecule has 21 heteroatoms. The maximum Gasteiger partial charge on any atom is 0.196 e. The van der Waals surface area contributed by atoms with Crippen LogP contribution in [-0.2, 0) is 10.8 Å². The third kappa shape index (κ3) is 9.58. The van der Waals surface area contributed by atoms with E-state index < -0.39 is 160 Å². The average molecular weight is 1150 g/mol. The Labute approximate surface area is 441 Å². The van der Waals surface area contributed by atoms with Gasteiger partial charge in [0.05, 0.1) is 20.9 Å². The Hall–Kier alpha value is -5.93. The molecule has 4 unspecified atom stereocenters. The van der Waals surface area contributed by atoms with Gasteiger partial charge in [-0.1, -0.05) is 126 Å². The van der Waals surface area contributed by atoms with Crippen molar-refractivity contribution >= 4 is 35.3 Å². The first-order chi connectivity index (χ1) is 35.9. The van der Waals surface area contributed by atoms with Crippen LogP contribution >= 0.6 is 35.3 Å². The molecule has 0 N–H and O–H groups in total. The molecular formula is C56H36F18S3. The molecule has 0 bridgehead atoms. The van der Waals surface area contributed by atoms with E-state index >= 15 is 70.2 Å². The van der Waals surface area contributed by atoms with E-state index in [0.29, 0.717) is 35.4 Å². The van der Waals surface area contributed by atoms with Crippen LogP contribution in [0.15, 0.2) is 163 Å². The molecule has 0 amide bonds. The van der Waals surface area contributed by atoms with Crippen molar-refractivity contribution in [2.45, 2.75) is 93.8 Å². The molecule has 0 aliphatic heterocycles. The first-order valence-electron chi connectivity index (χ1n) is 22.6. The second-order valence-electron chi connectivity index (χ2n) is 19.6. The summed E-state index contributed by atoms with van der Waals surface area (Å²) in [4.78, 5) is -3.06. The maximum absolute atomic E-state index is 16.6. The minimum absolute atomic E-state index is 0.189. The number of rotatable bonds is 10. The van der Waals surface area contributed by atoms with Crippen LogP contribution in [-0.4, -0.2) is 21.8 Å². The van der Waals surface area contributed by atoms with Crippen LogP contribution in [0.2, 0.25) is 0 Å². The fraction of sp³-hybridized carbons (Fsp3) is 0.214. The Bertz CT molecular complexity index is 3190. The van der Waals surface area contributed by atoms with Gasteiger partial charge in [-0.3, -0.25) is 0 Å². The zero-order chi connectivity index (χ0) is 56.8. The van der Waals surface area contributed by atoms with Crippen molar-refractivity contribution in [2.75, 3.05) is 0 Å². The summed E-state index contributed by atoms with van der Waals surface area (Å²) in [6, 6.07) is 19.7. The molecule has 2 aliphatic rings. The smallest absolute Gasteiger partial charge is 0.196 e. The number of benzene rings is 6. The Morgan fingerprint density at radius 2 is 0.584 bits per heavy atom. The molecule has 0 saturated carbocycles. The second kappa shape index (κ2) is 20.7. The largest absolute Gasteiger partial charge is 0.238 e. The number of hydrogen-bond donors (Lipinski definition) is 0. The van der Waals surface area contributed by atoms with Gasteiger partial charge in [0, 0.05) is 19.3 Å². The van der Waals surface area contributed by atoms with Gasteiger partial charge in [-0.2, -0.15) is 0 Å². The van der Waals surface area contributed by atoms with Crippen LogP contribution in [0.3, 0.4) is 0 Å². The highest BCUT2D eigenvalue weighted by Crippen LogP contribution is 2.58. The minimum atomic E-state index is -4.31. The molecule has 0 heterocycles. The molecule has 6 aromatic carbocycles. The summed E-state index contributed by atoms with van der Waals surface area (Å²) in [5.74, 6) is -46.4. The topological polar surface area (TPSA) is 0 Å². The first kappa shape index (κ1) is 57.3. The molecule has 0 saturated heterocycles. The van der Waals surface area contributed by atoms with Crippen LogP contribution in [0, 0.1) is 46.5 Å². The van der Waals surface area contributed by atoms with Crippen molar-refractivity contribution in [3.8, 4) is 22.3 Å². The maximum atomic E-state index is 16.6. The third-order valence-corrected chi connectivity index (χ3v) is 15.8. The molecule has 0 radical (unpaired) electrons. The molecule has 0 nitrogen and oxygen atoms in total. The fourth-order valence-corrected chi connectivity index (χ4v) is 11.9. The van der Waals surface area contributed by atoms with Gasteiger partial charge in [-0.05, 0) is 57.6 Å². The molecular weight excluding hydrogens is 1110 g/mol. The molecule has 0 fully saturated rings. The van der Waals surface area contributed by atoms with E-state index in [0.717, 1.165) is 34.1 Å². The zero-order valence-electron chi connectivity index (χ0n) is 40.4. The van der Waals surface area contributed by atoms with Gasteiger partial charge in [-0.15, -0.1) is 23.5 Å². The van der Waals surface area contributed by atoms with Gasteiger partial charge in [0.1, 0.15) is 10.8 Å². The van der Waals surface area contributed by atoms with Gasteiger partial charge in [-0.25, -0.2) is 79.0 Å². The number of allylic oxidation sites excluding steroid dienone is 8. The Kier molecular flexibility index (Phi) is 15.4. The summed E-state index contributed by atoms with van der Waals surface area (Å²) in [5.41, 5.74) is -14.9. The van der Waals surface area contributed by atoms with Crippen molar-refractivity contribution < 1.29 is 79.0 Å². The van der Waals surface area contributed by atoms with Crippen LogP contribution < -0.4 is 0 Å². The lowest BCUT2D eigenvalue weighted by Gasteiger charge is -2.39. The van der Waals surface area contributed by atoms with Gasteiger partial charge < -0.3 is 0 Å². The lowest BCUT2D eigenvalue weighted by atomic mass is 9.66. The highest BCUT2D eigenvalue weighted by Gasteiger charge is 2.61. The summed E-state index contributed by atoms with van der Waals surface area (Å²) in [6.07, 6.45) is -8.12. The van der Waals surface area contributed by atoms with Crippen LogP contribution in [0.25, 0.3) is 22.3 Å². The summed E-state index contributed by atoms with van der Waals surface area (Å²) < 4.78 is 287. The number of alkyl halides is 2. The van der Waals surface area contributed by atoms with E-state index in [1.54, 1.807) is 48.5 Å². The zero-order valence-corrected chi connectivity index (χ0v) is 42.9. The number of hydrogen-bond acceptors (Lipinski definition) is 3. The Morgan fingerprint density at radius 1 is 0.338 bits per heavy atom. The van der Waals surface area contributed by atoms with Gasteiger partial charge in [0.2, 0.25) is 0 Å². The monoisotopic (exact) mass is 1150 g/mol. The van der Waals surface area contributed by atoms with Crippen molar-refractivity contribution in [1.29, 1.82) is 0 Å². The molecule has 77 heavy (non-hydrogen) atoms. The first-order valence-corrected chi connectivity index (χ1v) is 25.1. The molecule has 404 valence electrons. The molecule has 0 spiro atoms. The molecule has 8 rings (SSSR count). The Morgan fingerprint density at radius 3 is 0.831 bits per heavy atom. The lowest BCUT2D eigenvalue weighted by Crippen LogP contribution is -2.44. The van der Waals surface area contributed by atoms with Crippen molar-refractivity contribution in [1.82, 2.24) is 0 Å². The summed E-state index contributed by atoms with van der Waals surface area (Å²) >= 11 is 1.72. The van der Waals surface area contributed by atoms with Crippen LogP contribution in [0.5, 0.6) is 0 Å². The van der Waals surface area contributed by atoms with Crippen LogP contribution in [0.4, 0.5) is 79.0 Å². The lowest BCUT2D eigenvalue weighted by molar-refractivity contribution is 0.187. The fourth-order valence-electron chi connectivity index (χ4n) is 9.07. The van der Waals surface area contributed by atoms with Crippen molar-refractivity contribution in [3.63, 3.8) is 0 Å². The SMILES string of the molecule is CC(C)(C)Sc1ccc(-c2ccc(C3(c4c(F)c(F)c(Sc5c(F)c(F)c(C6(c7ccc(-c8ccc(SC(C)(C)C)cc8)cc7)C(F)=C(F)C(F)=C(F)C6F)c(F)c5F)c(F)c4F)C(F)=C(F)C(F)=C(F)C3F)cc2)cc1. The van der Waals surface area contributed by atoms with Crippen LogP contribution in [0.1, 0.15) is 63.8 Å². The van der Waals surface area contributed by atoms with Gasteiger partial charge >= 0.3 is 0 Å². The second-order valence-corrected chi connectivity index (χ2v) is 24.4. The standard InChI is InChI=1S/C56H36F18S3/c1-53(2,3)76-29-19-11-25(12-20-29)23-7-15-27(16-8-23)55(49(71)43(67)37(61)44(68)50(55)72)31-33(57)39(63)47(40(64)34(31)58)75-48-41(65)35(59)32(36(60)42(48)66)56(51(73)45(69)38(62)46(70)52(56)74)28-17-9-24(10-18-28)26-13-21-30(22-14-26)77-54(4,5)6/h7-22,49,51H,1-6H3. The highest BCUT2D eigenvalue weighted by atomic mass is 32.2. The molecule has 0 aromatic heterocycles. The summed E-state index contributed by atoms with van der Waals surface area (Å²) in [6.45, 7) is 11.6. The van der Waals surface area contributed by atoms with Crippen molar-refractivity contribution in [2.24, 2.45) is 0 Å². The quantitative estimate of drug-likeness (QED) is 0.0762. The van der Waals surface area contributed by atoms with Gasteiger partial charge in [0.25, 0.3) is 0 Å². The predicted octanol–water partition coefficient (Wildman–Crippen LogP) is 19.9. The summed E-state index contributed by atoms with van der Waals surface area (Å²) in [7, 11) is 0. The number of halogens is 18. The molecule has 4 atom stereocenters. The number of thioether (sulfide) groups is 2. The van der Waals surface area contributed by atoms with Crippen molar-refractivity contribution in [3.05, 3.63) is 212 Å². The van der Waals surface area contributed by atoms with E-state index in [-0.39, 0.29) is 20.6 Å². The third-order valence-electron chi connectivity index (χ3n) is 12.4. The molecule has 2 aliphatic carbocycles. The van der Waals surface area contributed by atoms with E-state index in [1.165, 1.54) is 23.5 Å².